The SMILES string of the molecule is C[C@@H]1CCCC[C@H]1NC(=O)COc1nnc2ccccn12. The summed E-state index contributed by atoms with van der Waals surface area (Å²) in [6.45, 7) is 2.16. The van der Waals surface area contributed by atoms with Crippen LogP contribution < -0.4 is 10.1 Å². The maximum atomic E-state index is 12.0. The second-order valence-corrected chi connectivity index (χ2v) is 5.64. The molecule has 3 rings (SSSR count). The number of carbonyl (C=O) groups is 1. The number of ether oxygens (including phenoxy) is 1. The van der Waals surface area contributed by atoms with Gasteiger partial charge in [-0.25, -0.2) is 0 Å². The van der Waals surface area contributed by atoms with Crippen molar-refractivity contribution in [2.24, 2.45) is 5.92 Å². The molecule has 2 heterocycles. The van der Waals surface area contributed by atoms with E-state index in [-0.39, 0.29) is 18.6 Å². The van der Waals surface area contributed by atoms with Crippen LogP contribution in [-0.4, -0.2) is 33.2 Å². The molecule has 0 unspecified atom stereocenters. The number of hydrogen-bond donors (Lipinski definition) is 1. The average molecular weight is 288 g/mol. The quantitative estimate of drug-likeness (QED) is 0.931. The van der Waals surface area contributed by atoms with E-state index in [0.29, 0.717) is 17.6 Å². The first-order chi connectivity index (χ1) is 10.2. The minimum absolute atomic E-state index is 0.0289. The Morgan fingerprint density at radius 2 is 2.24 bits per heavy atom. The van der Waals surface area contributed by atoms with Crippen molar-refractivity contribution < 1.29 is 9.53 Å². The molecule has 0 aromatic carbocycles. The molecule has 2 aromatic heterocycles. The van der Waals surface area contributed by atoms with Gasteiger partial charge in [-0.05, 0) is 30.9 Å². The Balaban J connectivity index is 1.56. The van der Waals surface area contributed by atoms with Gasteiger partial charge in [-0.1, -0.05) is 30.9 Å². The molecule has 6 heteroatoms. The zero-order valence-electron chi connectivity index (χ0n) is 12.2. The predicted octanol–water partition coefficient (Wildman–Crippen LogP) is 1.80. The molecule has 0 aliphatic heterocycles. The second kappa shape index (κ2) is 6.11. The number of fused-ring (bicyclic) bond motifs is 1. The summed E-state index contributed by atoms with van der Waals surface area (Å²) in [6, 6.07) is 6.20. The lowest BCUT2D eigenvalue weighted by molar-refractivity contribution is -0.124. The topological polar surface area (TPSA) is 68.5 Å². The van der Waals surface area contributed by atoms with Gasteiger partial charge in [-0.2, -0.15) is 0 Å². The highest BCUT2D eigenvalue weighted by atomic mass is 16.5. The van der Waals surface area contributed by atoms with Crippen molar-refractivity contribution >= 4 is 11.6 Å². The van der Waals surface area contributed by atoms with Crippen LogP contribution in [0.1, 0.15) is 32.6 Å². The molecule has 2 atom stereocenters. The van der Waals surface area contributed by atoms with Crippen molar-refractivity contribution in [2.45, 2.75) is 38.6 Å². The maximum absolute atomic E-state index is 12.0. The van der Waals surface area contributed by atoms with Gasteiger partial charge in [-0.3, -0.25) is 9.20 Å². The average Bonchev–Trinajstić information content (AvgIpc) is 2.91. The first kappa shape index (κ1) is 13.9. The van der Waals surface area contributed by atoms with Crippen molar-refractivity contribution in [2.75, 3.05) is 6.61 Å². The molecule has 1 N–H and O–H groups in total. The van der Waals surface area contributed by atoms with Gasteiger partial charge in [0.2, 0.25) is 0 Å². The van der Waals surface area contributed by atoms with Gasteiger partial charge in [0.05, 0.1) is 0 Å². The Hall–Kier alpha value is -2.11. The fraction of sp³-hybridized carbons (Fsp3) is 0.533. The van der Waals surface area contributed by atoms with Gasteiger partial charge in [0, 0.05) is 12.2 Å². The molecule has 0 saturated heterocycles. The molecule has 0 bridgehead atoms. The maximum Gasteiger partial charge on any atom is 0.322 e. The summed E-state index contributed by atoms with van der Waals surface area (Å²) in [5.74, 6) is 0.443. The summed E-state index contributed by atoms with van der Waals surface area (Å²) < 4.78 is 7.19. The van der Waals surface area contributed by atoms with Gasteiger partial charge in [0.25, 0.3) is 5.91 Å². The standard InChI is InChI=1S/C15H20N4O2/c1-11-6-2-3-7-12(11)16-14(20)10-21-15-18-17-13-8-4-5-9-19(13)15/h4-5,8-9,11-12H,2-3,6-7,10H2,1H3,(H,16,20)/t11-,12-/m1/s1. The lowest BCUT2D eigenvalue weighted by Gasteiger charge is -2.29. The largest absolute Gasteiger partial charge is 0.453 e. The summed E-state index contributed by atoms with van der Waals surface area (Å²) in [6.07, 6.45) is 6.49. The number of carbonyl (C=O) groups excluding carboxylic acids is 1. The molecule has 1 aliphatic rings. The van der Waals surface area contributed by atoms with Crippen molar-refractivity contribution in [1.29, 1.82) is 0 Å². The van der Waals surface area contributed by atoms with E-state index in [0.717, 1.165) is 6.42 Å². The Morgan fingerprint density at radius 3 is 3.10 bits per heavy atom. The van der Waals surface area contributed by atoms with Crippen LogP contribution in [0.15, 0.2) is 24.4 Å². The van der Waals surface area contributed by atoms with Crippen LogP contribution >= 0.6 is 0 Å². The van der Waals surface area contributed by atoms with Gasteiger partial charge in [0.1, 0.15) is 0 Å². The van der Waals surface area contributed by atoms with Crippen LogP contribution in [0.25, 0.3) is 5.65 Å². The molecule has 6 nitrogen and oxygen atoms in total. The van der Waals surface area contributed by atoms with Gasteiger partial charge >= 0.3 is 6.01 Å². The van der Waals surface area contributed by atoms with Crippen LogP contribution in [0.3, 0.4) is 0 Å². The molecule has 0 spiro atoms. The fourth-order valence-corrected chi connectivity index (χ4v) is 2.83. The molecule has 1 fully saturated rings. The molecular formula is C15H20N4O2. The molecule has 0 radical (unpaired) electrons. The number of hydrogen-bond acceptors (Lipinski definition) is 4. The summed E-state index contributed by atoms with van der Waals surface area (Å²) in [7, 11) is 0. The minimum atomic E-state index is -0.0959. The highest BCUT2D eigenvalue weighted by Gasteiger charge is 2.23. The lowest BCUT2D eigenvalue weighted by atomic mass is 9.86. The predicted molar refractivity (Wildman–Crippen MR) is 78.0 cm³/mol. The summed E-state index contributed by atoms with van der Waals surface area (Å²) in [4.78, 5) is 12.0. The summed E-state index contributed by atoms with van der Waals surface area (Å²) >= 11 is 0. The van der Waals surface area contributed by atoms with Crippen molar-refractivity contribution in [3.8, 4) is 6.01 Å². The van der Waals surface area contributed by atoms with E-state index in [1.54, 1.807) is 4.40 Å². The van der Waals surface area contributed by atoms with Crippen LogP contribution in [0.2, 0.25) is 0 Å². The number of pyridine rings is 1. The Labute approximate surface area is 123 Å². The minimum Gasteiger partial charge on any atom is -0.453 e. The Bertz CT molecular complexity index is 625. The Morgan fingerprint density at radius 1 is 1.38 bits per heavy atom. The molecular weight excluding hydrogens is 268 g/mol. The van der Waals surface area contributed by atoms with E-state index in [2.05, 4.69) is 22.4 Å². The third kappa shape index (κ3) is 3.15. The summed E-state index contributed by atoms with van der Waals surface area (Å²) in [5, 5.41) is 11.0. The van der Waals surface area contributed by atoms with Gasteiger partial charge < -0.3 is 10.1 Å². The van der Waals surface area contributed by atoms with Gasteiger partial charge in [0.15, 0.2) is 12.3 Å². The van der Waals surface area contributed by atoms with E-state index in [9.17, 15) is 4.79 Å². The number of nitrogens with one attached hydrogen (secondary N) is 1. The molecule has 21 heavy (non-hydrogen) atoms. The Kier molecular flexibility index (Phi) is 4.03. The number of amides is 1. The normalized spacial score (nSPS) is 22.1. The third-order valence-corrected chi connectivity index (χ3v) is 4.07. The molecule has 1 amide bonds. The van der Waals surface area contributed by atoms with Crippen LogP contribution in [0.4, 0.5) is 0 Å². The van der Waals surface area contributed by atoms with Crippen molar-refractivity contribution in [3.63, 3.8) is 0 Å². The van der Waals surface area contributed by atoms with Crippen LogP contribution in [0, 0.1) is 5.92 Å². The van der Waals surface area contributed by atoms with Crippen LogP contribution in [0.5, 0.6) is 6.01 Å². The van der Waals surface area contributed by atoms with E-state index >= 15 is 0 Å². The van der Waals surface area contributed by atoms with E-state index in [1.165, 1.54) is 19.3 Å². The number of rotatable bonds is 4. The highest BCUT2D eigenvalue weighted by molar-refractivity contribution is 5.77. The third-order valence-electron chi connectivity index (χ3n) is 4.07. The first-order valence-corrected chi connectivity index (χ1v) is 7.46. The number of nitrogens with zero attached hydrogens (tertiary/aromatic N) is 3. The highest BCUT2D eigenvalue weighted by Crippen LogP contribution is 2.23. The zero-order valence-corrected chi connectivity index (χ0v) is 12.2. The fourth-order valence-electron chi connectivity index (χ4n) is 2.83. The van der Waals surface area contributed by atoms with E-state index in [1.807, 2.05) is 24.4 Å². The lowest BCUT2D eigenvalue weighted by Crippen LogP contribution is -2.43. The zero-order chi connectivity index (χ0) is 14.7. The van der Waals surface area contributed by atoms with Crippen molar-refractivity contribution in [3.05, 3.63) is 24.4 Å². The first-order valence-electron chi connectivity index (χ1n) is 7.46. The van der Waals surface area contributed by atoms with E-state index in [4.69, 9.17) is 4.74 Å². The monoisotopic (exact) mass is 288 g/mol. The molecule has 1 saturated carbocycles. The molecule has 2 aromatic rings. The van der Waals surface area contributed by atoms with Crippen LogP contribution in [-0.2, 0) is 4.79 Å². The molecule has 1 aliphatic carbocycles. The smallest absolute Gasteiger partial charge is 0.322 e. The van der Waals surface area contributed by atoms with Crippen molar-refractivity contribution in [1.82, 2.24) is 19.9 Å². The molecule has 112 valence electrons. The second-order valence-electron chi connectivity index (χ2n) is 5.64. The van der Waals surface area contributed by atoms with Gasteiger partial charge in [-0.15, -0.1) is 5.10 Å². The summed E-state index contributed by atoms with van der Waals surface area (Å²) in [5.41, 5.74) is 0.703. The van der Waals surface area contributed by atoms with E-state index < -0.39 is 0 Å². The number of aromatic nitrogens is 3.